The molecule has 6 heteroatoms. The molecule has 0 unspecified atom stereocenters. The van der Waals surface area contributed by atoms with Gasteiger partial charge in [0, 0.05) is 19.5 Å². The Morgan fingerprint density at radius 1 is 1.25 bits per heavy atom. The number of nitrogens with zero attached hydrogens (tertiary/aromatic N) is 1. The molecule has 6 nitrogen and oxygen atoms in total. The monoisotopic (exact) mass is 332 g/mol. The number of carbonyl (C=O) groups is 3. The van der Waals surface area contributed by atoms with Crippen LogP contribution in [-0.4, -0.2) is 40.9 Å². The van der Waals surface area contributed by atoms with Crippen molar-refractivity contribution in [3.8, 4) is 0 Å². The number of rotatable bonds is 6. The van der Waals surface area contributed by atoms with Gasteiger partial charge in [-0.15, -0.1) is 0 Å². The van der Waals surface area contributed by atoms with Gasteiger partial charge in [0.05, 0.1) is 12.1 Å². The normalized spacial score (nSPS) is 13.5. The van der Waals surface area contributed by atoms with Gasteiger partial charge in [0.15, 0.2) is 0 Å². The summed E-state index contributed by atoms with van der Waals surface area (Å²) in [7, 11) is 0. The molecule has 2 N–H and O–H groups in total. The highest BCUT2D eigenvalue weighted by molar-refractivity contribution is 5.88. The molecule has 1 aromatic rings. The number of carbonyl (C=O) groups excluding carboxylic acids is 2. The first-order chi connectivity index (χ1) is 11.4. The summed E-state index contributed by atoms with van der Waals surface area (Å²) in [5.41, 5.74) is 2.16. The van der Waals surface area contributed by atoms with Crippen molar-refractivity contribution in [3.63, 3.8) is 0 Å². The van der Waals surface area contributed by atoms with Crippen LogP contribution in [0.5, 0.6) is 0 Å². The summed E-state index contributed by atoms with van der Waals surface area (Å²) in [6.07, 6.45) is 1.92. The molecule has 0 saturated heterocycles. The van der Waals surface area contributed by atoms with Gasteiger partial charge in [-0.3, -0.25) is 9.59 Å². The van der Waals surface area contributed by atoms with E-state index in [1.807, 2.05) is 6.07 Å². The molecule has 1 aromatic carbocycles. The number of nitrogens with one attached hydrogen (secondary N) is 1. The van der Waals surface area contributed by atoms with Gasteiger partial charge in [0.25, 0.3) is 0 Å². The Morgan fingerprint density at radius 3 is 2.67 bits per heavy atom. The fourth-order valence-electron chi connectivity index (χ4n) is 2.70. The van der Waals surface area contributed by atoms with E-state index in [0.29, 0.717) is 31.8 Å². The molecule has 0 spiro atoms. The van der Waals surface area contributed by atoms with Crippen LogP contribution in [-0.2, 0) is 22.6 Å². The number of aromatic carboxylic acids is 1. The first-order valence-corrected chi connectivity index (χ1v) is 8.26. The lowest BCUT2D eigenvalue weighted by Crippen LogP contribution is -2.42. The van der Waals surface area contributed by atoms with E-state index >= 15 is 0 Å². The Kier molecular flexibility index (Phi) is 5.95. The summed E-state index contributed by atoms with van der Waals surface area (Å²) in [6, 6.07) is 5.03. The zero-order valence-electron chi connectivity index (χ0n) is 14.2. The van der Waals surface area contributed by atoms with Crippen molar-refractivity contribution in [2.24, 2.45) is 5.92 Å². The van der Waals surface area contributed by atoms with E-state index in [1.54, 1.807) is 17.0 Å². The highest BCUT2D eigenvalue weighted by Crippen LogP contribution is 2.20. The highest BCUT2D eigenvalue weighted by atomic mass is 16.4. The van der Waals surface area contributed by atoms with Gasteiger partial charge in [0.2, 0.25) is 11.8 Å². The maximum atomic E-state index is 12.3. The molecule has 0 fully saturated rings. The fourth-order valence-corrected chi connectivity index (χ4v) is 2.70. The number of benzene rings is 1. The highest BCUT2D eigenvalue weighted by Gasteiger charge is 2.21. The molecule has 1 aliphatic heterocycles. The van der Waals surface area contributed by atoms with Crippen LogP contribution in [0.15, 0.2) is 18.2 Å². The molecule has 0 aliphatic carbocycles. The van der Waals surface area contributed by atoms with Gasteiger partial charge in [-0.25, -0.2) is 4.79 Å². The average Bonchev–Trinajstić information content (AvgIpc) is 2.56. The summed E-state index contributed by atoms with van der Waals surface area (Å²) in [5.74, 6) is -0.769. The van der Waals surface area contributed by atoms with Gasteiger partial charge >= 0.3 is 5.97 Å². The second-order valence-electron chi connectivity index (χ2n) is 6.56. The molecule has 2 amide bonds. The molecule has 0 radical (unpaired) electrons. The summed E-state index contributed by atoms with van der Waals surface area (Å²) in [6.45, 7) is 5.06. The second kappa shape index (κ2) is 7.95. The first-order valence-electron chi connectivity index (χ1n) is 8.26. The topological polar surface area (TPSA) is 86.7 Å². The van der Waals surface area contributed by atoms with Crippen LogP contribution in [0.3, 0.4) is 0 Å². The molecule has 0 saturated carbocycles. The van der Waals surface area contributed by atoms with Crippen molar-refractivity contribution in [1.82, 2.24) is 10.2 Å². The predicted molar refractivity (Wildman–Crippen MR) is 89.6 cm³/mol. The minimum absolute atomic E-state index is 0.00904. The zero-order chi connectivity index (χ0) is 17.7. The van der Waals surface area contributed by atoms with Gasteiger partial charge in [-0.1, -0.05) is 19.9 Å². The van der Waals surface area contributed by atoms with Crippen LogP contribution in [0.1, 0.15) is 48.2 Å². The van der Waals surface area contributed by atoms with Crippen LogP contribution < -0.4 is 5.32 Å². The summed E-state index contributed by atoms with van der Waals surface area (Å²) < 4.78 is 0. The first kappa shape index (κ1) is 18.0. The summed E-state index contributed by atoms with van der Waals surface area (Å²) in [5, 5.41) is 11.7. The molecule has 1 heterocycles. The van der Waals surface area contributed by atoms with E-state index < -0.39 is 5.97 Å². The predicted octanol–water partition coefficient (Wildman–Crippen LogP) is 1.82. The largest absolute Gasteiger partial charge is 0.478 e. The maximum absolute atomic E-state index is 12.3. The third kappa shape index (κ3) is 4.81. The SMILES string of the molecule is CC(C)CCC(=O)NCC(=O)N1CCc2ccc(C(=O)O)cc2C1. The van der Waals surface area contributed by atoms with Crippen LogP contribution in [0, 0.1) is 5.92 Å². The lowest BCUT2D eigenvalue weighted by Gasteiger charge is -2.29. The van der Waals surface area contributed by atoms with E-state index in [9.17, 15) is 14.4 Å². The molecule has 24 heavy (non-hydrogen) atoms. The quantitative estimate of drug-likeness (QED) is 0.832. The number of fused-ring (bicyclic) bond motifs is 1. The van der Waals surface area contributed by atoms with Crippen molar-refractivity contribution < 1.29 is 19.5 Å². The molecule has 0 bridgehead atoms. The van der Waals surface area contributed by atoms with E-state index in [4.69, 9.17) is 5.11 Å². The number of carboxylic acids is 1. The van der Waals surface area contributed by atoms with Gasteiger partial charge in [-0.2, -0.15) is 0 Å². The van der Waals surface area contributed by atoms with E-state index in [0.717, 1.165) is 17.5 Å². The molecule has 2 rings (SSSR count). The minimum Gasteiger partial charge on any atom is -0.478 e. The molecular weight excluding hydrogens is 308 g/mol. The van der Waals surface area contributed by atoms with Crippen LogP contribution >= 0.6 is 0 Å². The van der Waals surface area contributed by atoms with Gasteiger partial charge < -0.3 is 15.3 Å². The fraction of sp³-hybridized carbons (Fsp3) is 0.500. The maximum Gasteiger partial charge on any atom is 0.335 e. The Bertz CT molecular complexity index is 640. The van der Waals surface area contributed by atoms with Crippen molar-refractivity contribution in [2.75, 3.05) is 13.1 Å². The molecule has 1 aliphatic rings. The molecule has 0 atom stereocenters. The lowest BCUT2D eigenvalue weighted by atomic mass is 9.97. The van der Waals surface area contributed by atoms with Crippen molar-refractivity contribution in [1.29, 1.82) is 0 Å². The molecular formula is C18H24N2O4. The number of amides is 2. The molecule has 0 aromatic heterocycles. The van der Waals surface area contributed by atoms with Gasteiger partial charge in [0.1, 0.15) is 0 Å². The summed E-state index contributed by atoms with van der Waals surface area (Å²) in [4.78, 5) is 36.7. The zero-order valence-corrected chi connectivity index (χ0v) is 14.2. The van der Waals surface area contributed by atoms with Gasteiger partial charge in [-0.05, 0) is 42.0 Å². The standard InChI is InChI=1S/C18H24N2O4/c1-12(2)3-6-16(21)19-10-17(22)20-8-7-13-4-5-14(18(23)24)9-15(13)11-20/h4-5,9,12H,3,6-8,10-11H2,1-2H3,(H,19,21)(H,23,24). The Morgan fingerprint density at radius 2 is 2.00 bits per heavy atom. The molecule has 130 valence electrons. The third-order valence-electron chi connectivity index (χ3n) is 4.20. The van der Waals surface area contributed by atoms with Crippen molar-refractivity contribution in [2.45, 2.75) is 39.7 Å². The van der Waals surface area contributed by atoms with Crippen LogP contribution in [0.25, 0.3) is 0 Å². The number of hydrogen-bond acceptors (Lipinski definition) is 3. The van der Waals surface area contributed by atoms with Crippen LogP contribution in [0.4, 0.5) is 0 Å². The number of hydrogen-bond donors (Lipinski definition) is 2. The Hall–Kier alpha value is -2.37. The van der Waals surface area contributed by atoms with Crippen LogP contribution in [0.2, 0.25) is 0 Å². The minimum atomic E-state index is -0.973. The number of carboxylic acid groups (broad SMARTS) is 1. The smallest absolute Gasteiger partial charge is 0.335 e. The third-order valence-corrected chi connectivity index (χ3v) is 4.20. The average molecular weight is 332 g/mol. The summed E-state index contributed by atoms with van der Waals surface area (Å²) >= 11 is 0. The van der Waals surface area contributed by atoms with E-state index in [1.165, 1.54) is 0 Å². The Balaban J connectivity index is 1.90. The van der Waals surface area contributed by atoms with Crippen molar-refractivity contribution >= 4 is 17.8 Å². The van der Waals surface area contributed by atoms with E-state index in [-0.39, 0.29) is 23.9 Å². The Labute approximate surface area is 141 Å². The second-order valence-corrected chi connectivity index (χ2v) is 6.56. The van der Waals surface area contributed by atoms with E-state index in [2.05, 4.69) is 19.2 Å². The van der Waals surface area contributed by atoms with Crippen molar-refractivity contribution in [3.05, 3.63) is 34.9 Å². The lowest BCUT2D eigenvalue weighted by molar-refractivity contribution is -0.133.